The Balaban J connectivity index is 1.48. The van der Waals surface area contributed by atoms with Gasteiger partial charge in [0.05, 0.1) is 19.3 Å². The van der Waals surface area contributed by atoms with Gasteiger partial charge in [-0.3, -0.25) is 14.8 Å². The average molecular weight is 380 g/mol. The fourth-order valence-electron chi connectivity index (χ4n) is 3.55. The van der Waals surface area contributed by atoms with E-state index in [9.17, 15) is 0 Å². The van der Waals surface area contributed by atoms with Crippen LogP contribution in [0.2, 0.25) is 0 Å². The number of hydrogen-bond donors (Lipinski definition) is 2. The Morgan fingerprint density at radius 1 is 1.38 bits per heavy atom. The van der Waals surface area contributed by atoms with Gasteiger partial charge in [-0.25, -0.2) is 0 Å². The first kappa shape index (κ1) is 19.6. The molecule has 2 heterocycles. The minimum atomic E-state index is 0.371. The van der Waals surface area contributed by atoms with Crippen LogP contribution in [0, 0.1) is 0 Å². The van der Waals surface area contributed by atoms with Crippen LogP contribution in [0.3, 0.4) is 0 Å². The molecule has 0 spiro atoms. The van der Waals surface area contributed by atoms with Crippen LogP contribution in [0.1, 0.15) is 30.7 Å². The van der Waals surface area contributed by atoms with E-state index in [4.69, 9.17) is 4.74 Å². The predicted octanol–water partition coefficient (Wildman–Crippen LogP) is 1.77. The van der Waals surface area contributed by atoms with Crippen LogP contribution in [-0.4, -0.2) is 81.3 Å². The Morgan fingerprint density at radius 3 is 2.81 bits per heavy atom. The first-order valence-corrected chi connectivity index (χ1v) is 10.7. The molecule has 1 aliphatic heterocycles. The van der Waals surface area contributed by atoms with Gasteiger partial charge < -0.3 is 15.4 Å². The van der Waals surface area contributed by atoms with Gasteiger partial charge in [-0.2, -0.15) is 0 Å². The van der Waals surface area contributed by atoms with Gasteiger partial charge in [-0.15, -0.1) is 11.3 Å². The number of hydrogen-bond acceptors (Lipinski definition) is 5. The van der Waals surface area contributed by atoms with Crippen LogP contribution in [0.15, 0.2) is 22.5 Å². The molecule has 1 saturated carbocycles. The number of ether oxygens (including phenoxy) is 1. The van der Waals surface area contributed by atoms with E-state index < -0.39 is 0 Å². The predicted molar refractivity (Wildman–Crippen MR) is 109 cm³/mol. The van der Waals surface area contributed by atoms with Crippen molar-refractivity contribution in [2.75, 3.05) is 59.5 Å². The number of likely N-dealkylation sites (N-methyl/N-ethyl adjacent to an activating group) is 1. The van der Waals surface area contributed by atoms with Crippen molar-refractivity contribution in [1.82, 2.24) is 20.4 Å². The van der Waals surface area contributed by atoms with Crippen LogP contribution in [0.5, 0.6) is 0 Å². The third-order valence-electron chi connectivity index (χ3n) is 5.21. The van der Waals surface area contributed by atoms with Crippen molar-refractivity contribution in [2.24, 2.45) is 4.99 Å². The summed E-state index contributed by atoms with van der Waals surface area (Å²) in [5, 5.41) is 9.17. The van der Waals surface area contributed by atoms with Crippen molar-refractivity contribution in [3.8, 4) is 0 Å². The third-order valence-corrected chi connectivity index (χ3v) is 6.18. The van der Waals surface area contributed by atoms with Crippen LogP contribution in [-0.2, 0) is 4.74 Å². The summed E-state index contributed by atoms with van der Waals surface area (Å²) >= 11 is 1.83. The number of aliphatic imine (C=N–C) groups is 1. The molecule has 0 bridgehead atoms. The largest absolute Gasteiger partial charge is 0.379 e. The lowest BCUT2D eigenvalue weighted by atomic mass is 10.2. The lowest BCUT2D eigenvalue weighted by Crippen LogP contribution is -2.47. The smallest absolute Gasteiger partial charge is 0.191 e. The molecule has 1 saturated heterocycles. The average Bonchev–Trinajstić information content (AvgIpc) is 3.39. The lowest BCUT2D eigenvalue weighted by Gasteiger charge is -2.34. The molecule has 7 heteroatoms. The summed E-state index contributed by atoms with van der Waals surface area (Å²) in [7, 11) is 1.85. The van der Waals surface area contributed by atoms with Gasteiger partial charge in [0, 0.05) is 50.7 Å². The lowest BCUT2D eigenvalue weighted by molar-refractivity contribution is 0.0177. The Morgan fingerprint density at radius 2 is 2.19 bits per heavy atom. The molecule has 1 atom stereocenters. The maximum Gasteiger partial charge on any atom is 0.191 e. The summed E-state index contributed by atoms with van der Waals surface area (Å²) in [6.07, 6.45) is 2.73. The van der Waals surface area contributed by atoms with Gasteiger partial charge in [-0.05, 0) is 30.8 Å². The van der Waals surface area contributed by atoms with Crippen molar-refractivity contribution >= 4 is 17.3 Å². The van der Waals surface area contributed by atoms with E-state index in [1.54, 1.807) is 0 Å². The summed E-state index contributed by atoms with van der Waals surface area (Å²) in [6, 6.07) is 5.56. The summed E-state index contributed by atoms with van der Waals surface area (Å²) < 4.78 is 5.53. The second kappa shape index (κ2) is 10.3. The molecular weight excluding hydrogens is 346 g/mol. The van der Waals surface area contributed by atoms with Gasteiger partial charge in [-0.1, -0.05) is 13.0 Å². The molecular formula is C19H33N5OS. The SMILES string of the molecule is CCN(CCNC(=NC)NCC(c1cccs1)N1CCOCC1)C1CC1. The molecule has 0 aromatic carbocycles. The fraction of sp³-hybridized carbons (Fsp3) is 0.737. The Hall–Kier alpha value is -1.15. The topological polar surface area (TPSA) is 52.1 Å². The molecule has 2 fully saturated rings. The summed E-state index contributed by atoms with van der Waals surface area (Å²) in [4.78, 5) is 10.9. The van der Waals surface area contributed by atoms with Gasteiger partial charge in [0.15, 0.2) is 5.96 Å². The van der Waals surface area contributed by atoms with Gasteiger partial charge >= 0.3 is 0 Å². The monoisotopic (exact) mass is 379 g/mol. The van der Waals surface area contributed by atoms with Crippen molar-refractivity contribution in [1.29, 1.82) is 0 Å². The number of morpholine rings is 1. The van der Waals surface area contributed by atoms with Gasteiger partial charge in [0.2, 0.25) is 0 Å². The molecule has 2 N–H and O–H groups in total. The highest BCUT2D eigenvalue weighted by atomic mass is 32.1. The zero-order chi connectivity index (χ0) is 18.2. The first-order valence-electron chi connectivity index (χ1n) is 9.85. The van der Waals surface area contributed by atoms with E-state index in [0.29, 0.717) is 6.04 Å². The summed E-state index contributed by atoms with van der Waals surface area (Å²) in [6.45, 7) is 9.89. The van der Waals surface area contributed by atoms with Gasteiger partial charge in [0.1, 0.15) is 0 Å². The molecule has 0 amide bonds. The molecule has 26 heavy (non-hydrogen) atoms. The van der Waals surface area contributed by atoms with Crippen LogP contribution >= 0.6 is 11.3 Å². The quantitative estimate of drug-likeness (QED) is 0.506. The van der Waals surface area contributed by atoms with E-state index in [1.807, 2.05) is 18.4 Å². The fourth-order valence-corrected chi connectivity index (χ4v) is 4.41. The highest BCUT2D eigenvalue weighted by Gasteiger charge is 2.27. The zero-order valence-electron chi connectivity index (χ0n) is 16.1. The molecule has 6 nitrogen and oxygen atoms in total. The molecule has 1 aromatic rings. The van der Waals surface area contributed by atoms with E-state index >= 15 is 0 Å². The van der Waals surface area contributed by atoms with Crippen LogP contribution < -0.4 is 10.6 Å². The van der Waals surface area contributed by atoms with Crippen molar-refractivity contribution in [2.45, 2.75) is 31.8 Å². The molecule has 1 aliphatic carbocycles. The van der Waals surface area contributed by atoms with Gasteiger partial charge in [0.25, 0.3) is 0 Å². The van der Waals surface area contributed by atoms with Crippen LogP contribution in [0.25, 0.3) is 0 Å². The molecule has 3 rings (SSSR count). The molecule has 1 aromatic heterocycles. The number of rotatable bonds is 9. The highest BCUT2D eigenvalue weighted by Crippen LogP contribution is 2.26. The Labute approximate surface area is 161 Å². The standard InChI is InChI=1S/C19H33N5OS/c1-3-23(16-6-7-16)9-8-21-19(20-2)22-15-17(18-5-4-14-26-18)24-10-12-25-13-11-24/h4-5,14,16-17H,3,6-13,15H2,1-2H3,(H2,20,21,22). The maximum absolute atomic E-state index is 5.53. The van der Waals surface area contributed by atoms with Crippen molar-refractivity contribution < 1.29 is 4.74 Å². The molecule has 0 radical (unpaired) electrons. The molecule has 146 valence electrons. The Kier molecular flexibility index (Phi) is 7.73. The number of nitrogens with one attached hydrogen (secondary N) is 2. The zero-order valence-corrected chi connectivity index (χ0v) is 16.9. The first-order chi connectivity index (χ1) is 12.8. The number of thiophene rings is 1. The van der Waals surface area contributed by atoms with Crippen molar-refractivity contribution in [3.05, 3.63) is 22.4 Å². The summed E-state index contributed by atoms with van der Waals surface area (Å²) in [5.41, 5.74) is 0. The second-order valence-corrected chi connectivity index (χ2v) is 7.90. The minimum absolute atomic E-state index is 0.371. The molecule has 1 unspecified atom stereocenters. The van der Waals surface area contributed by atoms with E-state index in [0.717, 1.165) is 64.5 Å². The minimum Gasteiger partial charge on any atom is -0.379 e. The van der Waals surface area contributed by atoms with E-state index in [1.165, 1.54) is 17.7 Å². The highest BCUT2D eigenvalue weighted by molar-refractivity contribution is 7.10. The van der Waals surface area contributed by atoms with E-state index in [-0.39, 0.29) is 0 Å². The third kappa shape index (κ3) is 5.67. The number of nitrogens with zero attached hydrogens (tertiary/aromatic N) is 3. The maximum atomic E-state index is 5.53. The van der Waals surface area contributed by atoms with E-state index in [2.05, 4.69) is 49.9 Å². The normalized spacial score (nSPS) is 20.3. The van der Waals surface area contributed by atoms with Crippen LogP contribution in [0.4, 0.5) is 0 Å². The molecule has 2 aliphatic rings. The van der Waals surface area contributed by atoms with Crippen molar-refractivity contribution in [3.63, 3.8) is 0 Å². The summed E-state index contributed by atoms with van der Waals surface area (Å²) in [5.74, 6) is 0.895. The number of guanidine groups is 1. The Bertz CT molecular complexity index is 540. The second-order valence-electron chi connectivity index (χ2n) is 6.92.